The highest BCUT2D eigenvalue weighted by atomic mass is 35.5. The molecule has 6 heteroatoms. The van der Waals surface area contributed by atoms with E-state index in [1.807, 2.05) is 0 Å². The van der Waals surface area contributed by atoms with Crippen LogP contribution in [0.2, 0.25) is 5.02 Å². The summed E-state index contributed by atoms with van der Waals surface area (Å²) in [5.41, 5.74) is 0.421. The number of rotatable bonds is 4. The molecule has 1 aromatic rings. The first-order chi connectivity index (χ1) is 9.83. The molecule has 0 aromatic heterocycles. The van der Waals surface area contributed by atoms with Crippen LogP contribution in [0.1, 0.15) is 38.7 Å². The van der Waals surface area contributed by atoms with Crippen molar-refractivity contribution in [2.45, 2.75) is 50.7 Å². The topological polar surface area (TPSA) is 66.4 Å². The molecule has 3 atom stereocenters. The number of nitrogens with one attached hydrogen (secondary N) is 1. The Labute approximate surface area is 131 Å². The molecule has 0 heterocycles. The van der Waals surface area contributed by atoms with Gasteiger partial charge in [0.25, 0.3) is 0 Å². The lowest BCUT2D eigenvalue weighted by molar-refractivity contribution is 0.249. The van der Waals surface area contributed by atoms with E-state index >= 15 is 0 Å². The van der Waals surface area contributed by atoms with Crippen molar-refractivity contribution < 1.29 is 13.5 Å². The van der Waals surface area contributed by atoms with Crippen molar-refractivity contribution in [2.75, 3.05) is 0 Å². The summed E-state index contributed by atoms with van der Waals surface area (Å²) in [5.74, 6) is 0.977. The van der Waals surface area contributed by atoms with Gasteiger partial charge in [-0.1, -0.05) is 25.4 Å². The standard InChI is InChI=1S/C15H22ClNO3S/c1-10-3-6-15(11(2)7-10)17-21(19,20)13-4-5-14(16)12(8-13)9-18/h4-5,8,10-11,15,17-18H,3,6-7,9H2,1-2H3. The van der Waals surface area contributed by atoms with Gasteiger partial charge in [-0.05, 0) is 54.9 Å². The fraction of sp³-hybridized carbons (Fsp3) is 0.600. The maximum atomic E-state index is 12.5. The van der Waals surface area contributed by atoms with Crippen LogP contribution < -0.4 is 4.72 Å². The molecular weight excluding hydrogens is 310 g/mol. The molecule has 1 aromatic carbocycles. The van der Waals surface area contributed by atoms with E-state index in [-0.39, 0.29) is 17.5 Å². The Kier molecular flexibility index (Phi) is 5.30. The molecule has 2 rings (SSSR count). The van der Waals surface area contributed by atoms with E-state index in [1.54, 1.807) is 0 Å². The van der Waals surface area contributed by atoms with Crippen molar-refractivity contribution in [1.29, 1.82) is 0 Å². The lowest BCUT2D eigenvalue weighted by Gasteiger charge is -2.32. The van der Waals surface area contributed by atoms with Crippen LogP contribution in [-0.4, -0.2) is 19.6 Å². The van der Waals surface area contributed by atoms with Crippen molar-refractivity contribution in [2.24, 2.45) is 11.8 Å². The van der Waals surface area contributed by atoms with E-state index in [0.29, 0.717) is 22.4 Å². The zero-order valence-electron chi connectivity index (χ0n) is 12.3. The summed E-state index contributed by atoms with van der Waals surface area (Å²) in [4.78, 5) is 0.154. The first kappa shape index (κ1) is 16.7. The highest BCUT2D eigenvalue weighted by molar-refractivity contribution is 7.89. The minimum atomic E-state index is -3.58. The van der Waals surface area contributed by atoms with Crippen LogP contribution in [0, 0.1) is 11.8 Å². The fourth-order valence-corrected chi connectivity index (χ4v) is 4.55. The van der Waals surface area contributed by atoms with E-state index < -0.39 is 10.0 Å². The lowest BCUT2D eigenvalue weighted by atomic mass is 9.80. The van der Waals surface area contributed by atoms with E-state index in [0.717, 1.165) is 19.3 Å². The number of aliphatic hydroxyl groups excluding tert-OH is 1. The van der Waals surface area contributed by atoms with Crippen LogP contribution in [0.15, 0.2) is 23.1 Å². The summed E-state index contributed by atoms with van der Waals surface area (Å²) >= 11 is 5.90. The van der Waals surface area contributed by atoms with Gasteiger partial charge in [0.15, 0.2) is 0 Å². The van der Waals surface area contributed by atoms with Gasteiger partial charge in [-0.25, -0.2) is 13.1 Å². The predicted octanol–water partition coefficient (Wildman–Crippen LogP) is 2.94. The molecule has 1 saturated carbocycles. The molecule has 0 bridgehead atoms. The van der Waals surface area contributed by atoms with E-state index in [2.05, 4.69) is 18.6 Å². The Morgan fingerprint density at radius 2 is 2.05 bits per heavy atom. The molecule has 1 aliphatic rings. The molecule has 1 aliphatic carbocycles. The second-order valence-corrected chi connectivity index (χ2v) is 8.16. The van der Waals surface area contributed by atoms with Crippen molar-refractivity contribution in [3.63, 3.8) is 0 Å². The Bertz CT molecular complexity index is 603. The number of sulfonamides is 1. The van der Waals surface area contributed by atoms with Crippen LogP contribution >= 0.6 is 11.6 Å². The van der Waals surface area contributed by atoms with Crippen molar-refractivity contribution in [3.05, 3.63) is 28.8 Å². The summed E-state index contributed by atoms with van der Waals surface area (Å²) in [6.45, 7) is 4.01. The number of hydrogen-bond donors (Lipinski definition) is 2. The molecular formula is C15H22ClNO3S. The second kappa shape index (κ2) is 6.65. The third-order valence-electron chi connectivity index (χ3n) is 4.24. The maximum absolute atomic E-state index is 12.5. The normalized spacial score (nSPS) is 26.8. The molecule has 2 N–H and O–H groups in total. The van der Waals surface area contributed by atoms with Crippen molar-refractivity contribution >= 4 is 21.6 Å². The van der Waals surface area contributed by atoms with Gasteiger partial charge in [-0.2, -0.15) is 0 Å². The van der Waals surface area contributed by atoms with Gasteiger partial charge in [0, 0.05) is 11.1 Å². The molecule has 1 fully saturated rings. The predicted molar refractivity (Wildman–Crippen MR) is 83.7 cm³/mol. The highest BCUT2D eigenvalue weighted by Gasteiger charge is 2.29. The first-order valence-corrected chi connectivity index (χ1v) is 9.11. The summed E-state index contributed by atoms with van der Waals surface area (Å²) < 4.78 is 27.7. The molecule has 0 saturated heterocycles. The first-order valence-electron chi connectivity index (χ1n) is 7.25. The average Bonchev–Trinajstić information content (AvgIpc) is 2.42. The molecule has 0 amide bonds. The largest absolute Gasteiger partial charge is 0.392 e. The van der Waals surface area contributed by atoms with Crippen LogP contribution in [0.5, 0.6) is 0 Å². The van der Waals surface area contributed by atoms with Crippen LogP contribution in [0.25, 0.3) is 0 Å². The quantitative estimate of drug-likeness (QED) is 0.891. The number of hydrogen-bond acceptors (Lipinski definition) is 3. The molecule has 0 aliphatic heterocycles. The van der Waals surface area contributed by atoms with E-state index in [4.69, 9.17) is 11.6 Å². The second-order valence-electron chi connectivity index (χ2n) is 6.03. The van der Waals surface area contributed by atoms with Crippen LogP contribution in [0.4, 0.5) is 0 Å². The minimum Gasteiger partial charge on any atom is -0.392 e. The number of halogens is 1. The Morgan fingerprint density at radius 3 is 2.67 bits per heavy atom. The van der Waals surface area contributed by atoms with Crippen molar-refractivity contribution in [3.8, 4) is 0 Å². The molecule has 3 unspecified atom stereocenters. The van der Waals surface area contributed by atoms with Gasteiger partial charge in [-0.3, -0.25) is 0 Å². The van der Waals surface area contributed by atoms with Gasteiger partial charge < -0.3 is 5.11 Å². The number of benzene rings is 1. The van der Waals surface area contributed by atoms with Crippen LogP contribution in [0.3, 0.4) is 0 Å². The fourth-order valence-electron chi connectivity index (χ4n) is 2.95. The number of aliphatic hydroxyl groups is 1. The van der Waals surface area contributed by atoms with Crippen molar-refractivity contribution in [1.82, 2.24) is 4.72 Å². The van der Waals surface area contributed by atoms with Crippen LogP contribution in [-0.2, 0) is 16.6 Å². The SMILES string of the molecule is CC1CCC(NS(=O)(=O)c2ccc(Cl)c(CO)c2)C(C)C1. The molecule has 0 spiro atoms. The summed E-state index contributed by atoms with van der Waals surface area (Å²) in [7, 11) is -3.58. The zero-order chi connectivity index (χ0) is 15.6. The molecule has 21 heavy (non-hydrogen) atoms. The highest BCUT2D eigenvalue weighted by Crippen LogP contribution is 2.30. The Morgan fingerprint density at radius 1 is 1.33 bits per heavy atom. The van der Waals surface area contributed by atoms with E-state index in [1.165, 1.54) is 18.2 Å². The zero-order valence-corrected chi connectivity index (χ0v) is 13.9. The molecule has 0 radical (unpaired) electrons. The summed E-state index contributed by atoms with van der Waals surface area (Å²) in [5, 5.41) is 9.57. The van der Waals surface area contributed by atoms with Gasteiger partial charge in [0.2, 0.25) is 10.0 Å². The summed E-state index contributed by atoms with van der Waals surface area (Å²) in [6.07, 6.45) is 2.94. The maximum Gasteiger partial charge on any atom is 0.240 e. The smallest absolute Gasteiger partial charge is 0.240 e. The van der Waals surface area contributed by atoms with Gasteiger partial charge in [-0.15, -0.1) is 0 Å². The molecule has 4 nitrogen and oxygen atoms in total. The van der Waals surface area contributed by atoms with Gasteiger partial charge in [0.1, 0.15) is 0 Å². The minimum absolute atomic E-state index is 0.0283. The van der Waals surface area contributed by atoms with Gasteiger partial charge in [0.05, 0.1) is 11.5 Å². The average molecular weight is 332 g/mol. The monoisotopic (exact) mass is 331 g/mol. The Balaban J connectivity index is 2.18. The van der Waals surface area contributed by atoms with E-state index in [9.17, 15) is 13.5 Å². The third kappa shape index (κ3) is 3.97. The third-order valence-corrected chi connectivity index (χ3v) is 6.09. The molecule has 118 valence electrons. The lowest BCUT2D eigenvalue weighted by Crippen LogP contribution is -2.42. The van der Waals surface area contributed by atoms with Gasteiger partial charge >= 0.3 is 0 Å². The summed E-state index contributed by atoms with van der Waals surface area (Å²) in [6, 6.07) is 4.38. The Hall–Kier alpha value is -0.620.